The van der Waals surface area contributed by atoms with Gasteiger partial charge in [0.25, 0.3) is 0 Å². The van der Waals surface area contributed by atoms with E-state index in [1.807, 2.05) is 0 Å². The van der Waals surface area contributed by atoms with Crippen molar-refractivity contribution in [2.24, 2.45) is 0 Å². The predicted molar refractivity (Wildman–Crippen MR) is 62.7 cm³/mol. The van der Waals surface area contributed by atoms with Crippen molar-refractivity contribution < 1.29 is 28.6 Å². The molecule has 6 heteroatoms. The molecule has 0 aromatic rings. The zero-order valence-electron chi connectivity index (χ0n) is 10.9. The van der Waals surface area contributed by atoms with Crippen LogP contribution in [0.15, 0.2) is 0 Å². The lowest BCUT2D eigenvalue weighted by molar-refractivity contribution is -0.158. The number of rotatable bonds is 9. The van der Waals surface area contributed by atoms with Crippen molar-refractivity contribution in [3.63, 3.8) is 0 Å². The molecule has 0 radical (unpaired) electrons. The minimum Gasteiger partial charge on any atom is -0.466 e. The maximum Gasteiger partial charge on any atom is 0.344 e. The molecule has 0 atom stereocenters. The molecule has 0 aliphatic heterocycles. The Kier molecular flexibility index (Phi) is 9.62. The van der Waals surface area contributed by atoms with E-state index in [1.54, 1.807) is 13.8 Å². The molecule has 0 saturated heterocycles. The summed E-state index contributed by atoms with van der Waals surface area (Å²) in [5.74, 6) is -1.29. The topological polar surface area (TPSA) is 78.9 Å². The maximum absolute atomic E-state index is 11.2. The van der Waals surface area contributed by atoms with Crippen LogP contribution in [0.4, 0.5) is 0 Å². The van der Waals surface area contributed by atoms with Gasteiger partial charge >= 0.3 is 17.9 Å². The quantitative estimate of drug-likeness (QED) is 0.352. The first-order chi connectivity index (χ1) is 8.60. The summed E-state index contributed by atoms with van der Waals surface area (Å²) in [6.07, 6.45) is 1.56. The Morgan fingerprint density at radius 2 is 1.17 bits per heavy atom. The van der Waals surface area contributed by atoms with Gasteiger partial charge in [0, 0.05) is 12.8 Å². The summed E-state index contributed by atoms with van der Waals surface area (Å²) in [6, 6.07) is 0. The number of carbonyl (C=O) groups is 3. The van der Waals surface area contributed by atoms with E-state index in [1.165, 1.54) is 0 Å². The van der Waals surface area contributed by atoms with E-state index in [0.717, 1.165) is 0 Å². The second-order valence-electron chi connectivity index (χ2n) is 3.48. The first-order valence-corrected chi connectivity index (χ1v) is 6.07. The molecule has 0 fully saturated rings. The molecule has 0 aromatic carbocycles. The minimum absolute atomic E-state index is 0.179. The Balaban J connectivity index is 3.48. The molecule has 0 unspecified atom stereocenters. The minimum atomic E-state index is -0.558. The van der Waals surface area contributed by atoms with E-state index in [4.69, 9.17) is 4.74 Å². The largest absolute Gasteiger partial charge is 0.466 e. The van der Waals surface area contributed by atoms with Gasteiger partial charge in [-0.1, -0.05) is 0 Å². The van der Waals surface area contributed by atoms with Crippen LogP contribution in [0.3, 0.4) is 0 Å². The van der Waals surface area contributed by atoms with Crippen molar-refractivity contribution >= 4 is 17.9 Å². The summed E-state index contributed by atoms with van der Waals surface area (Å²) in [5, 5.41) is 0. The first-order valence-electron chi connectivity index (χ1n) is 6.07. The zero-order chi connectivity index (χ0) is 13.8. The van der Waals surface area contributed by atoms with E-state index in [-0.39, 0.29) is 25.6 Å². The van der Waals surface area contributed by atoms with Crippen LogP contribution >= 0.6 is 0 Å². The normalized spacial score (nSPS) is 9.67. The molecule has 0 saturated carbocycles. The van der Waals surface area contributed by atoms with Crippen molar-refractivity contribution in [2.75, 3.05) is 19.8 Å². The van der Waals surface area contributed by atoms with Crippen LogP contribution in [0.1, 0.15) is 39.5 Å². The van der Waals surface area contributed by atoms with E-state index < -0.39 is 11.9 Å². The van der Waals surface area contributed by atoms with E-state index in [9.17, 15) is 14.4 Å². The van der Waals surface area contributed by atoms with Crippen molar-refractivity contribution in [3.05, 3.63) is 0 Å². The molecule has 6 nitrogen and oxygen atoms in total. The van der Waals surface area contributed by atoms with Gasteiger partial charge in [-0.2, -0.15) is 0 Å². The summed E-state index contributed by atoms with van der Waals surface area (Å²) in [5.41, 5.74) is 0. The van der Waals surface area contributed by atoms with Crippen molar-refractivity contribution in [1.82, 2.24) is 0 Å². The molecule has 0 rings (SSSR count). The van der Waals surface area contributed by atoms with Gasteiger partial charge in [-0.25, -0.2) is 4.79 Å². The Morgan fingerprint density at radius 3 is 1.67 bits per heavy atom. The zero-order valence-corrected chi connectivity index (χ0v) is 10.9. The summed E-state index contributed by atoms with van der Waals surface area (Å²) >= 11 is 0. The van der Waals surface area contributed by atoms with E-state index >= 15 is 0 Å². The number of carbonyl (C=O) groups excluding carboxylic acids is 3. The second-order valence-corrected chi connectivity index (χ2v) is 3.48. The lowest BCUT2D eigenvalue weighted by atomic mass is 10.2. The Labute approximate surface area is 107 Å². The molecule has 0 amide bonds. The standard InChI is InChI=1S/C12H20O6/c1-3-16-10(13)7-5-6-8-11(14)18-9-12(15)17-4-2/h3-9H2,1-2H3. The van der Waals surface area contributed by atoms with Gasteiger partial charge < -0.3 is 14.2 Å². The van der Waals surface area contributed by atoms with Gasteiger partial charge in [0.2, 0.25) is 0 Å². The Morgan fingerprint density at radius 1 is 0.722 bits per heavy atom. The van der Waals surface area contributed by atoms with Gasteiger partial charge in [0.1, 0.15) is 0 Å². The summed E-state index contributed by atoms with van der Waals surface area (Å²) in [4.78, 5) is 33.0. The molecule has 0 aliphatic carbocycles. The lowest BCUT2D eigenvalue weighted by Gasteiger charge is -2.04. The van der Waals surface area contributed by atoms with Gasteiger partial charge in [0.15, 0.2) is 6.61 Å². The highest BCUT2D eigenvalue weighted by atomic mass is 16.6. The molecule has 0 spiro atoms. The monoisotopic (exact) mass is 260 g/mol. The van der Waals surface area contributed by atoms with Crippen LogP contribution < -0.4 is 0 Å². The Bertz CT molecular complexity index is 274. The third kappa shape index (κ3) is 9.62. The highest BCUT2D eigenvalue weighted by Gasteiger charge is 2.08. The van der Waals surface area contributed by atoms with Gasteiger partial charge in [-0.3, -0.25) is 9.59 Å². The van der Waals surface area contributed by atoms with Crippen molar-refractivity contribution in [1.29, 1.82) is 0 Å². The molecule has 18 heavy (non-hydrogen) atoms. The van der Waals surface area contributed by atoms with Crippen molar-refractivity contribution in [2.45, 2.75) is 39.5 Å². The maximum atomic E-state index is 11.2. The number of hydrogen-bond acceptors (Lipinski definition) is 6. The van der Waals surface area contributed by atoms with E-state index in [0.29, 0.717) is 25.9 Å². The molecule has 0 heterocycles. The predicted octanol–water partition coefficient (Wildman–Crippen LogP) is 1.22. The SMILES string of the molecule is CCOC(=O)CCCCC(=O)OCC(=O)OCC. The number of esters is 3. The van der Waals surface area contributed by atoms with Crippen LogP contribution in [-0.4, -0.2) is 37.7 Å². The molecule has 0 N–H and O–H groups in total. The molecule has 104 valence electrons. The van der Waals surface area contributed by atoms with E-state index in [2.05, 4.69) is 9.47 Å². The smallest absolute Gasteiger partial charge is 0.344 e. The average molecular weight is 260 g/mol. The van der Waals surface area contributed by atoms with Gasteiger partial charge in [-0.05, 0) is 26.7 Å². The summed E-state index contributed by atoms with van der Waals surface area (Å²) in [7, 11) is 0. The summed E-state index contributed by atoms with van der Waals surface area (Å²) in [6.45, 7) is 3.68. The molecule has 0 bridgehead atoms. The second kappa shape index (κ2) is 10.6. The van der Waals surface area contributed by atoms with Crippen LogP contribution in [0.5, 0.6) is 0 Å². The van der Waals surface area contributed by atoms with Crippen LogP contribution in [0.2, 0.25) is 0 Å². The van der Waals surface area contributed by atoms with Gasteiger partial charge in [-0.15, -0.1) is 0 Å². The lowest BCUT2D eigenvalue weighted by Crippen LogP contribution is -2.16. The first kappa shape index (κ1) is 16.4. The van der Waals surface area contributed by atoms with Crippen LogP contribution in [-0.2, 0) is 28.6 Å². The van der Waals surface area contributed by atoms with Crippen molar-refractivity contribution in [3.8, 4) is 0 Å². The summed E-state index contributed by atoms with van der Waals surface area (Å²) < 4.78 is 14.0. The third-order valence-electron chi connectivity index (χ3n) is 1.97. The fourth-order valence-electron chi connectivity index (χ4n) is 1.19. The molecular weight excluding hydrogens is 240 g/mol. The van der Waals surface area contributed by atoms with Gasteiger partial charge in [0.05, 0.1) is 13.2 Å². The highest BCUT2D eigenvalue weighted by Crippen LogP contribution is 2.03. The fraction of sp³-hybridized carbons (Fsp3) is 0.750. The number of hydrogen-bond donors (Lipinski definition) is 0. The molecule has 0 aromatic heterocycles. The van der Waals surface area contributed by atoms with Crippen LogP contribution in [0.25, 0.3) is 0 Å². The molecular formula is C12H20O6. The molecule has 0 aliphatic rings. The number of ether oxygens (including phenoxy) is 3. The average Bonchev–Trinajstić information content (AvgIpc) is 2.33. The highest BCUT2D eigenvalue weighted by molar-refractivity contribution is 5.76. The van der Waals surface area contributed by atoms with Crippen LogP contribution in [0, 0.1) is 0 Å². The fourth-order valence-corrected chi connectivity index (χ4v) is 1.19. The third-order valence-corrected chi connectivity index (χ3v) is 1.97. The Hall–Kier alpha value is -1.59. The number of unbranched alkanes of at least 4 members (excludes halogenated alkanes) is 1.